The summed E-state index contributed by atoms with van der Waals surface area (Å²) < 4.78 is 1.76. The van der Waals surface area contributed by atoms with Crippen LogP contribution in [0.2, 0.25) is 10.0 Å². The largest absolute Gasteiger partial charge is 0.212 e. The van der Waals surface area contributed by atoms with Gasteiger partial charge in [0.2, 0.25) is 5.16 Å². The molecule has 0 saturated heterocycles. The van der Waals surface area contributed by atoms with Gasteiger partial charge in [-0.3, -0.25) is 0 Å². The summed E-state index contributed by atoms with van der Waals surface area (Å²) in [6.45, 7) is 0. The monoisotopic (exact) mass is 410 g/mol. The van der Waals surface area contributed by atoms with Crippen LogP contribution < -0.4 is 0 Å². The highest BCUT2D eigenvalue weighted by Crippen LogP contribution is 2.33. The number of rotatable bonds is 2. The van der Waals surface area contributed by atoms with E-state index in [0.29, 0.717) is 15.9 Å². The van der Waals surface area contributed by atoms with E-state index in [2.05, 4.69) is 40.5 Å². The number of aromatic nitrogens is 3. The molecule has 0 aliphatic carbocycles. The van der Waals surface area contributed by atoms with E-state index >= 15 is 0 Å². The van der Waals surface area contributed by atoms with Crippen LogP contribution in [0.3, 0.4) is 0 Å². The molecule has 0 spiro atoms. The average Bonchev–Trinajstić information content (AvgIpc) is 3.10. The molecule has 3 aromatic carbocycles. The molecular formula is C20H12Cl2N4S. The topological polar surface area (TPSA) is 43.1 Å². The second-order valence-electron chi connectivity index (χ2n) is 6.14. The van der Waals surface area contributed by atoms with E-state index < -0.39 is 0 Å². The van der Waals surface area contributed by atoms with Gasteiger partial charge < -0.3 is 0 Å². The average molecular weight is 411 g/mol. The first kappa shape index (κ1) is 16.8. The van der Waals surface area contributed by atoms with Crippen LogP contribution in [0.5, 0.6) is 0 Å². The molecule has 1 aliphatic heterocycles. The Morgan fingerprint density at radius 3 is 2.59 bits per heavy atom. The predicted molar refractivity (Wildman–Crippen MR) is 112 cm³/mol. The van der Waals surface area contributed by atoms with Crippen molar-refractivity contribution in [3.63, 3.8) is 0 Å². The molecule has 7 heteroatoms. The zero-order chi connectivity index (χ0) is 18.4. The maximum absolute atomic E-state index is 6.36. The highest BCUT2D eigenvalue weighted by atomic mass is 35.5. The molecule has 1 aliphatic rings. The zero-order valence-electron chi connectivity index (χ0n) is 13.9. The third kappa shape index (κ3) is 3.02. The Bertz CT molecular complexity index is 1220. The van der Waals surface area contributed by atoms with Crippen molar-refractivity contribution in [2.24, 2.45) is 5.10 Å². The van der Waals surface area contributed by atoms with Crippen molar-refractivity contribution in [3.8, 4) is 11.4 Å². The Kier molecular flexibility index (Phi) is 4.16. The molecule has 5 rings (SSSR count). The molecule has 2 heterocycles. The first-order chi connectivity index (χ1) is 13.2. The van der Waals surface area contributed by atoms with Crippen LogP contribution in [-0.4, -0.2) is 26.3 Å². The van der Waals surface area contributed by atoms with Crippen LogP contribution >= 0.6 is 35.0 Å². The van der Waals surface area contributed by atoms with E-state index in [0.717, 1.165) is 27.7 Å². The van der Waals surface area contributed by atoms with E-state index in [1.54, 1.807) is 28.6 Å². The van der Waals surface area contributed by atoms with Gasteiger partial charge in [-0.1, -0.05) is 71.4 Å². The summed E-state index contributed by atoms with van der Waals surface area (Å²) in [7, 11) is 0. The van der Waals surface area contributed by atoms with Crippen molar-refractivity contribution in [1.29, 1.82) is 0 Å². The molecule has 0 N–H and O–H groups in total. The Hall–Kier alpha value is -2.34. The van der Waals surface area contributed by atoms with Gasteiger partial charge in [0, 0.05) is 16.3 Å². The normalized spacial score (nSPS) is 13.5. The van der Waals surface area contributed by atoms with Crippen molar-refractivity contribution >= 4 is 51.4 Å². The molecule has 0 bridgehead atoms. The lowest BCUT2D eigenvalue weighted by Gasteiger charge is -2.14. The molecule has 0 fully saturated rings. The molecule has 0 saturated carbocycles. The Morgan fingerprint density at radius 1 is 0.889 bits per heavy atom. The smallest absolute Gasteiger partial charge is 0.186 e. The van der Waals surface area contributed by atoms with Gasteiger partial charge in [0.25, 0.3) is 0 Å². The highest BCUT2D eigenvalue weighted by molar-refractivity contribution is 7.99. The third-order valence-electron chi connectivity index (χ3n) is 4.43. The van der Waals surface area contributed by atoms with E-state index in [4.69, 9.17) is 28.3 Å². The lowest BCUT2D eigenvalue weighted by molar-refractivity contribution is 0.762. The van der Waals surface area contributed by atoms with Gasteiger partial charge in [0.15, 0.2) is 5.82 Å². The van der Waals surface area contributed by atoms with Gasteiger partial charge in [0.1, 0.15) is 0 Å². The van der Waals surface area contributed by atoms with Crippen molar-refractivity contribution in [2.45, 2.75) is 5.16 Å². The minimum absolute atomic E-state index is 0.524. The third-order valence-corrected chi connectivity index (χ3v) is 5.90. The molecule has 0 atom stereocenters. The molecule has 27 heavy (non-hydrogen) atoms. The molecule has 132 valence electrons. The maximum atomic E-state index is 6.36. The van der Waals surface area contributed by atoms with Crippen LogP contribution in [0, 0.1) is 0 Å². The van der Waals surface area contributed by atoms with Gasteiger partial charge in [-0.25, -0.2) is 0 Å². The number of hydrogen-bond donors (Lipinski definition) is 0. The van der Waals surface area contributed by atoms with Crippen LogP contribution in [0.4, 0.5) is 0 Å². The number of hydrogen-bond acceptors (Lipinski definition) is 4. The number of fused-ring (bicyclic) bond motifs is 2. The summed E-state index contributed by atoms with van der Waals surface area (Å²) in [5.74, 6) is 1.35. The van der Waals surface area contributed by atoms with E-state index in [-0.39, 0.29) is 0 Å². The molecule has 0 amide bonds. The van der Waals surface area contributed by atoms with Crippen molar-refractivity contribution in [3.05, 3.63) is 76.3 Å². The predicted octanol–water partition coefficient (Wildman–Crippen LogP) is 5.76. The first-order valence-electron chi connectivity index (χ1n) is 8.30. The van der Waals surface area contributed by atoms with E-state index in [1.807, 2.05) is 18.2 Å². The zero-order valence-corrected chi connectivity index (χ0v) is 16.3. The fraction of sp³-hybridized carbons (Fsp3) is 0.0500. The molecular weight excluding hydrogens is 399 g/mol. The summed E-state index contributed by atoms with van der Waals surface area (Å²) in [5.41, 5.74) is 2.82. The Morgan fingerprint density at radius 2 is 1.74 bits per heavy atom. The second-order valence-corrected chi connectivity index (χ2v) is 7.93. The fourth-order valence-corrected chi connectivity index (χ4v) is 4.41. The number of nitrogens with zero attached hydrogens (tertiary/aromatic N) is 4. The van der Waals surface area contributed by atoms with Gasteiger partial charge in [-0.2, -0.15) is 9.78 Å². The Balaban J connectivity index is 1.62. The van der Waals surface area contributed by atoms with Gasteiger partial charge in [-0.05, 0) is 40.6 Å². The van der Waals surface area contributed by atoms with Crippen LogP contribution in [-0.2, 0) is 0 Å². The lowest BCUT2D eigenvalue weighted by Crippen LogP contribution is -2.13. The number of halogens is 2. The minimum atomic E-state index is 0.524. The second kappa shape index (κ2) is 6.68. The maximum Gasteiger partial charge on any atom is 0.212 e. The van der Waals surface area contributed by atoms with E-state index in [1.165, 1.54) is 10.8 Å². The fourth-order valence-electron chi connectivity index (χ4n) is 3.08. The number of benzene rings is 3. The molecule has 4 aromatic rings. The molecule has 0 unspecified atom stereocenters. The van der Waals surface area contributed by atoms with Crippen LogP contribution in [0.15, 0.2) is 70.9 Å². The van der Waals surface area contributed by atoms with Gasteiger partial charge in [-0.15, -0.1) is 10.2 Å². The SMILES string of the molecule is Clc1ccc(-c2nnc3n2N=C(c2ccc4ccccc4c2)CS3)c(Cl)c1. The summed E-state index contributed by atoms with van der Waals surface area (Å²) in [6, 6.07) is 20.0. The Labute approximate surface area is 169 Å². The van der Waals surface area contributed by atoms with Crippen LogP contribution in [0.25, 0.3) is 22.2 Å². The van der Waals surface area contributed by atoms with Crippen LogP contribution in [0.1, 0.15) is 5.56 Å². The van der Waals surface area contributed by atoms with Crippen molar-refractivity contribution in [2.75, 3.05) is 5.75 Å². The highest BCUT2D eigenvalue weighted by Gasteiger charge is 2.22. The van der Waals surface area contributed by atoms with Gasteiger partial charge >= 0.3 is 0 Å². The summed E-state index contributed by atoms with van der Waals surface area (Å²) >= 11 is 14.0. The standard InChI is InChI=1S/C20H12Cl2N4S/c21-15-7-8-16(17(22)10-15)19-23-24-20-26(19)25-18(11-27-20)14-6-5-12-3-1-2-4-13(12)9-14/h1-10H,11H2. The first-order valence-corrected chi connectivity index (χ1v) is 10.0. The number of thioether (sulfide) groups is 1. The molecule has 0 radical (unpaired) electrons. The van der Waals surface area contributed by atoms with Crippen molar-refractivity contribution in [1.82, 2.24) is 14.9 Å². The van der Waals surface area contributed by atoms with Crippen molar-refractivity contribution < 1.29 is 0 Å². The van der Waals surface area contributed by atoms with Gasteiger partial charge in [0.05, 0.1) is 10.7 Å². The summed E-state index contributed by atoms with van der Waals surface area (Å²) in [5, 5.41) is 17.6. The molecule has 1 aromatic heterocycles. The quantitative estimate of drug-likeness (QED) is 0.421. The molecule has 4 nitrogen and oxygen atoms in total. The van der Waals surface area contributed by atoms with E-state index in [9.17, 15) is 0 Å². The minimum Gasteiger partial charge on any atom is -0.186 e. The lowest BCUT2D eigenvalue weighted by atomic mass is 10.0. The summed E-state index contributed by atoms with van der Waals surface area (Å²) in [4.78, 5) is 0. The summed E-state index contributed by atoms with van der Waals surface area (Å²) in [6.07, 6.45) is 0.